The molecule has 0 aromatic rings. The summed E-state index contributed by atoms with van der Waals surface area (Å²) in [5.41, 5.74) is 0.229. The molecule has 1 aliphatic carbocycles. The van der Waals surface area contributed by atoms with Gasteiger partial charge in [-0.2, -0.15) is 0 Å². The summed E-state index contributed by atoms with van der Waals surface area (Å²) in [6.07, 6.45) is 3.21. The molecular formula is C10H20O2. The van der Waals surface area contributed by atoms with Crippen LogP contribution in [0.5, 0.6) is 0 Å². The van der Waals surface area contributed by atoms with Crippen LogP contribution >= 0.6 is 0 Å². The molecule has 0 saturated heterocycles. The monoisotopic (exact) mass is 172 g/mol. The summed E-state index contributed by atoms with van der Waals surface area (Å²) in [5.74, 6) is 0.373. The minimum Gasteiger partial charge on any atom is -0.392 e. The lowest BCUT2D eigenvalue weighted by molar-refractivity contribution is 0.0369. The zero-order chi connectivity index (χ0) is 9.19. The first kappa shape index (κ1) is 10.0. The number of ether oxygens (including phenoxy) is 1. The number of rotatable bonds is 5. The van der Waals surface area contributed by atoms with E-state index in [2.05, 4.69) is 13.8 Å². The van der Waals surface area contributed by atoms with E-state index in [0.29, 0.717) is 5.92 Å². The quantitative estimate of drug-likeness (QED) is 0.685. The van der Waals surface area contributed by atoms with Crippen molar-refractivity contribution >= 4 is 0 Å². The Morgan fingerprint density at radius 2 is 2.08 bits per heavy atom. The van der Waals surface area contributed by atoms with Gasteiger partial charge in [0.15, 0.2) is 0 Å². The van der Waals surface area contributed by atoms with Crippen molar-refractivity contribution in [2.24, 2.45) is 11.3 Å². The van der Waals surface area contributed by atoms with Crippen LogP contribution < -0.4 is 0 Å². The Bertz CT molecular complexity index is 141. The molecule has 0 aliphatic heterocycles. The average Bonchev–Trinajstić information content (AvgIpc) is 2.79. The molecule has 72 valence electrons. The van der Waals surface area contributed by atoms with Gasteiger partial charge in [-0.3, -0.25) is 0 Å². The second-order valence-corrected chi connectivity index (χ2v) is 4.36. The van der Waals surface area contributed by atoms with E-state index in [0.717, 1.165) is 13.0 Å². The van der Waals surface area contributed by atoms with Gasteiger partial charge in [-0.25, -0.2) is 0 Å². The lowest BCUT2D eigenvalue weighted by Gasteiger charge is -2.24. The Kier molecular flexibility index (Phi) is 3.13. The SMILES string of the molecule is COCCC(C)C(O)C1(C)CC1. The van der Waals surface area contributed by atoms with Crippen molar-refractivity contribution in [2.45, 2.75) is 39.2 Å². The van der Waals surface area contributed by atoms with Crippen LogP contribution in [0.1, 0.15) is 33.1 Å². The summed E-state index contributed by atoms with van der Waals surface area (Å²) in [7, 11) is 1.71. The molecule has 1 aliphatic rings. The summed E-state index contributed by atoms with van der Waals surface area (Å²) in [6.45, 7) is 5.03. The molecule has 2 heteroatoms. The maximum atomic E-state index is 9.89. The molecule has 2 atom stereocenters. The summed E-state index contributed by atoms with van der Waals surface area (Å²) in [4.78, 5) is 0. The van der Waals surface area contributed by atoms with Crippen molar-refractivity contribution in [3.05, 3.63) is 0 Å². The van der Waals surface area contributed by atoms with Crippen molar-refractivity contribution in [3.63, 3.8) is 0 Å². The highest BCUT2D eigenvalue weighted by molar-refractivity contribution is 4.96. The van der Waals surface area contributed by atoms with Gasteiger partial charge in [-0.05, 0) is 30.6 Å². The molecule has 2 unspecified atom stereocenters. The molecule has 12 heavy (non-hydrogen) atoms. The molecule has 1 fully saturated rings. The summed E-state index contributed by atoms with van der Waals surface area (Å²) < 4.78 is 4.98. The number of hydrogen-bond donors (Lipinski definition) is 1. The lowest BCUT2D eigenvalue weighted by Crippen LogP contribution is -2.27. The van der Waals surface area contributed by atoms with E-state index in [4.69, 9.17) is 4.74 Å². The third kappa shape index (κ3) is 2.20. The van der Waals surface area contributed by atoms with Gasteiger partial charge < -0.3 is 9.84 Å². The van der Waals surface area contributed by atoms with Gasteiger partial charge in [0, 0.05) is 13.7 Å². The highest BCUT2D eigenvalue weighted by atomic mass is 16.5. The van der Waals surface area contributed by atoms with Crippen molar-refractivity contribution in [3.8, 4) is 0 Å². The van der Waals surface area contributed by atoms with Gasteiger partial charge in [-0.15, -0.1) is 0 Å². The molecule has 1 N–H and O–H groups in total. The van der Waals surface area contributed by atoms with Gasteiger partial charge in [-0.1, -0.05) is 13.8 Å². The van der Waals surface area contributed by atoms with Crippen LogP contribution in [-0.4, -0.2) is 24.9 Å². The van der Waals surface area contributed by atoms with Crippen LogP contribution in [0.15, 0.2) is 0 Å². The first-order chi connectivity index (χ1) is 5.60. The van der Waals surface area contributed by atoms with E-state index in [1.807, 2.05) is 0 Å². The van der Waals surface area contributed by atoms with Crippen LogP contribution in [0.25, 0.3) is 0 Å². The fraction of sp³-hybridized carbons (Fsp3) is 1.00. The maximum Gasteiger partial charge on any atom is 0.0620 e. The van der Waals surface area contributed by atoms with E-state index in [1.54, 1.807) is 7.11 Å². The Morgan fingerprint density at radius 1 is 1.50 bits per heavy atom. The minimum absolute atomic E-state index is 0.132. The van der Waals surface area contributed by atoms with Gasteiger partial charge in [0.05, 0.1) is 6.10 Å². The van der Waals surface area contributed by atoms with E-state index < -0.39 is 0 Å². The highest BCUT2D eigenvalue weighted by Crippen LogP contribution is 2.50. The second-order valence-electron chi connectivity index (χ2n) is 4.36. The van der Waals surface area contributed by atoms with Gasteiger partial charge in [0.2, 0.25) is 0 Å². The topological polar surface area (TPSA) is 29.5 Å². The second kappa shape index (κ2) is 3.75. The van der Waals surface area contributed by atoms with Crippen molar-refractivity contribution < 1.29 is 9.84 Å². The molecule has 0 amide bonds. The molecule has 0 radical (unpaired) electrons. The number of aliphatic hydroxyl groups excluding tert-OH is 1. The molecule has 1 rings (SSSR count). The van der Waals surface area contributed by atoms with E-state index in [1.165, 1.54) is 12.8 Å². The standard InChI is InChI=1S/C10H20O2/c1-8(4-7-12-3)9(11)10(2)5-6-10/h8-9,11H,4-7H2,1-3H3. The van der Waals surface area contributed by atoms with Crippen LogP contribution in [-0.2, 0) is 4.74 Å². The van der Waals surface area contributed by atoms with Crippen LogP contribution in [0, 0.1) is 11.3 Å². The van der Waals surface area contributed by atoms with Crippen LogP contribution in [0.2, 0.25) is 0 Å². The molecular weight excluding hydrogens is 152 g/mol. The Morgan fingerprint density at radius 3 is 2.50 bits per heavy atom. The maximum absolute atomic E-state index is 9.89. The summed E-state index contributed by atoms with van der Waals surface area (Å²) in [6, 6.07) is 0. The number of hydrogen-bond acceptors (Lipinski definition) is 2. The van der Waals surface area contributed by atoms with Crippen molar-refractivity contribution in [1.29, 1.82) is 0 Å². The van der Waals surface area contributed by atoms with Gasteiger partial charge >= 0.3 is 0 Å². The average molecular weight is 172 g/mol. The zero-order valence-corrected chi connectivity index (χ0v) is 8.34. The molecule has 2 nitrogen and oxygen atoms in total. The zero-order valence-electron chi connectivity index (χ0n) is 8.34. The van der Waals surface area contributed by atoms with E-state index in [-0.39, 0.29) is 11.5 Å². The fourth-order valence-corrected chi connectivity index (χ4v) is 1.64. The van der Waals surface area contributed by atoms with E-state index in [9.17, 15) is 5.11 Å². The third-order valence-electron chi connectivity index (χ3n) is 3.07. The van der Waals surface area contributed by atoms with Crippen molar-refractivity contribution in [1.82, 2.24) is 0 Å². The fourth-order valence-electron chi connectivity index (χ4n) is 1.64. The van der Waals surface area contributed by atoms with Crippen molar-refractivity contribution in [2.75, 3.05) is 13.7 Å². The normalized spacial score (nSPS) is 25.0. The molecule has 0 aromatic carbocycles. The van der Waals surface area contributed by atoms with E-state index >= 15 is 0 Å². The minimum atomic E-state index is -0.132. The molecule has 0 heterocycles. The van der Waals surface area contributed by atoms with Crippen LogP contribution in [0.4, 0.5) is 0 Å². The highest BCUT2D eigenvalue weighted by Gasteiger charge is 2.45. The molecule has 0 spiro atoms. The largest absolute Gasteiger partial charge is 0.392 e. The van der Waals surface area contributed by atoms with Gasteiger partial charge in [0.1, 0.15) is 0 Å². The third-order valence-corrected chi connectivity index (χ3v) is 3.07. The number of aliphatic hydroxyl groups is 1. The van der Waals surface area contributed by atoms with Crippen LogP contribution in [0.3, 0.4) is 0 Å². The Labute approximate surface area is 74.9 Å². The molecule has 0 aromatic heterocycles. The first-order valence-electron chi connectivity index (χ1n) is 4.77. The first-order valence-corrected chi connectivity index (χ1v) is 4.77. The predicted molar refractivity (Wildman–Crippen MR) is 49.0 cm³/mol. The summed E-state index contributed by atoms with van der Waals surface area (Å²) >= 11 is 0. The smallest absolute Gasteiger partial charge is 0.0620 e. The molecule has 0 bridgehead atoms. The Balaban J connectivity index is 2.26. The number of methoxy groups -OCH3 is 1. The predicted octanol–water partition coefficient (Wildman–Crippen LogP) is 1.82. The lowest BCUT2D eigenvalue weighted by atomic mass is 9.89. The van der Waals surface area contributed by atoms with Gasteiger partial charge in [0.25, 0.3) is 0 Å². The Hall–Kier alpha value is -0.0800. The molecule has 1 saturated carbocycles. The summed E-state index contributed by atoms with van der Waals surface area (Å²) in [5, 5.41) is 9.89.